The van der Waals surface area contributed by atoms with Gasteiger partial charge < -0.3 is 33.7 Å². The van der Waals surface area contributed by atoms with Gasteiger partial charge in [-0.3, -0.25) is 0 Å². The summed E-state index contributed by atoms with van der Waals surface area (Å²) in [6, 6.07) is 11.1. The third-order valence-corrected chi connectivity index (χ3v) is 12.2. The highest BCUT2D eigenvalue weighted by Gasteiger charge is 2.34. The first-order valence-electron chi connectivity index (χ1n) is 19.0. The van der Waals surface area contributed by atoms with E-state index < -0.39 is 36.7 Å². The van der Waals surface area contributed by atoms with E-state index in [9.17, 15) is 23.1 Å². The number of amides is 2. The fourth-order valence-electron chi connectivity index (χ4n) is 5.73. The Hall–Kier alpha value is -4.05. The normalized spacial score (nSPS) is 16.2. The molecule has 2 aromatic rings. The number of carboxylic acid groups (broad SMARTS) is 1. The maximum absolute atomic E-state index is 13.5. The Bertz CT molecular complexity index is 1870. The summed E-state index contributed by atoms with van der Waals surface area (Å²) in [7, 11) is -5.89. The highest BCUT2D eigenvalue weighted by atomic mass is 32.2. The number of fused-ring (bicyclic) bond motifs is 1. The molecule has 0 radical (unpaired) electrons. The number of rotatable bonds is 18. The lowest BCUT2D eigenvalue weighted by molar-refractivity contribution is -0.180. The third-order valence-electron chi connectivity index (χ3n) is 8.87. The molecule has 1 fully saturated rings. The molecule has 4 rings (SSSR count). The molecule has 1 saturated heterocycles. The lowest BCUT2D eigenvalue weighted by Crippen LogP contribution is -2.38. The van der Waals surface area contributed by atoms with Gasteiger partial charge in [0.1, 0.15) is 18.6 Å². The molecule has 0 spiro atoms. The number of carbonyl (C=O) groups excluding carboxylic acids is 1. The summed E-state index contributed by atoms with van der Waals surface area (Å²) in [4.78, 5) is 26.1. The van der Waals surface area contributed by atoms with Gasteiger partial charge >= 0.3 is 12.2 Å². The molecule has 0 unspecified atom stereocenters. The Kier molecular flexibility index (Phi) is 16.0. The van der Waals surface area contributed by atoms with Crippen LogP contribution >= 0.6 is 0 Å². The number of cyclic esters (lactones) is 1. The minimum absolute atomic E-state index is 0.210. The van der Waals surface area contributed by atoms with E-state index >= 15 is 0 Å². The number of sulfonamides is 1. The quantitative estimate of drug-likeness (QED) is 0.0684. The van der Waals surface area contributed by atoms with Crippen LogP contribution in [0.1, 0.15) is 94.1 Å². The molecule has 2 aliphatic rings. The Labute approximate surface area is 327 Å². The minimum Gasteiger partial charge on any atom is -0.464 e. The molecule has 2 amide bonds. The van der Waals surface area contributed by atoms with Crippen LogP contribution in [0.5, 0.6) is 5.75 Å². The zero-order valence-electron chi connectivity index (χ0n) is 33.1. The van der Waals surface area contributed by atoms with Gasteiger partial charge in [0, 0.05) is 71.2 Å². The minimum atomic E-state index is -4.45. The predicted octanol–water partition coefficient (Wildman–Crippen LogP) is 7.98. The molecule has 12 nitrogen and oxygen atoms in total. The molecule has 2 aromatic carbocycles. The molecule has 2 heterocycles. The van der Waals surface area contributed by atoms with Crippen LogP contribution in [0.3, 0.4) is 0 Å². The van der Waals surface area contributed by atoms with Gasteiger partial charge in [-0.1, -0.05) is 69.2 Å². The zero-order valence-corrected chi connectivity index (χ0v) is 34.9. The van der Waals surface area contributed by atoms with Crippen molar-refractivity contribution in [3.05, 3.63) is 58.7 Å². The van der Waals surface area contributed by atoms with Gasteiger partial charge in [0.25, 0.3) is 10.0 Å². The largest absolute Gasteiger partial charge is 0.464 e. The van der Waals surface area contributed by atoms with Gasteiger partial charge in [0.2, 0.25) is 5.79 Å². The highest BCUT2D eigenvalue weighted by molar-refractivity contribution is 7.89. The van der Waals surface area contributed by atoms with Crippen molar-refractivity contribution in [1.82, 2.24) is 9.21 Å². The Morgan fingerprint density at radius 1 is 0.982 bits per heavy atom. The maximum Gasteiger partial charge on any atom is 0.423 e. The highest BCUT2D eigenvalue weighted by Crippen LogP contribution is 2.35. The first kappa shape index (κ1) is 43.7. The zero-order chi connectivity index (χ0) is 40.1. The van der Waals surface area contributed by atoms with Crippen molar-refractivity contribution in [2.75, 3.05) is 39.6 Å². The van der Waals surface area contributed by atoms with E-state index in [1.54, 1.807) is 11.0 Å². The van der Waals surface area contributed by atoms with Crippen LogP contribution in [0.15, 0.2) is 41.3 Å². The summed E-state index contributed by atoms with van der Waals surface area (Å²) < 4.78 is 55.8. The van der Waals surface area contributed by atoms with Gasteiger partial charge in [-0.15, -0.1) is 0 Å². The molecular formula is C41H56N2O10SSi. The average molecular weight is 797 g/mol. The van der Waals surface area contributed by atoms with E-state index in [2.05, 4.69) is 43.3 Å². The third kappa shape index (κ3) is 13.9. The fourth-order valence-corrected chi connectivity index (χ4v) is 7.72. The van der Waals surface area contributed by atoms with Crippen molar-refractivity contribution < 1.29 is 46.8 Å². The first-order valence-corrected chi connectivity index (χ1v) is 24.2. The van der Waals surface area contributed by atoms with Crippen molar-refractivity contribution in [3.8, 4) is 29.4 Å². The Balaban J connectivity index is 1.19. The van der Waals surface area contributed by atoms with Crippen molar-refractivity contribution in [3.63, 3.8) is 0 Å². The summed E-state index contributed by atoms with van der Waals surface area (Å²) in [6.07, 6.45) is 3.32. The van der Waals surface area contributed by atoms with Gasteiger partial charge in [0.15, 0.2) is 0 Å². The Morgan fingerprint density at radius 2 is 1.69 bits per heavy atom. The molecule has 0 bridgehead atoms. The van der Waals surface area contributed by atoms with E-state index in [0.29, 0.717) is 61.2 Å². The van der Waals surface area contributed by atoms with Gasteiger partial charge in [-0.05, 0) is 61.2 Å². The molecule has 1 N–H and O–H groups in total. The number of carbonyl (C=O) groups is 2. The second-order valence-corrected chi connectivity index (χ2v) is 22.8. The van der Waals surface area contributed by atoms with E-state index in [4.69, 9.17) is 23.7 Å². The predicted molar refractivity (Wildman–Crippen MR) is 212 cm³/mol. The van der Waals surface area contributed by atoms with Crippen LogP contribution in [-0.4, -0.2) is 88.4 Å². The smallest absolute Gasteiger partial charge is 0.423 e. The van der Waals surface area contributed by atoms with Crippen molar-refractivity contribution in [2.45, 2.75) is 115 Å². The van der Waals surface area contributed by atoms with E-state index in [-0.39, 0.29) is 23.7 Å². The maximum atomic E-state index is 13.5. The lowest BCUT2D eigenvalue weighted by atomic mass is 10.0. The van der Waals surface area contributed by atoms with Crippen molar-refractivity contribution in [2.24, 2.45) is 0 Å². The number of unbranched alkanes of at least 4 members (excludes halogenated alkanes) is 4. The number of ether oxygens (including phenoxy) is 5. The number of hydrogen-bond donors (Lipinski definition) is 1. The molecule has 55 heavy (non-hydrogen) atoms. The Morgan fingerprint density at radius 3 is 2.38 bits per heavy atom. The topological polar surface area (TPSA) is 141 Å². The van der Waals surface area contributed by atoms with E-state index in [1.807, 2.05) is 39.0 Å². The van der Waals surface area contributed by atoms with Crippen LogP contribution < -0.4 is 4.74 Å². The van der Waals surface area contributed by atoms with Crippen LogP contribution in [0, 0.1) is 23.7 Å². The molecule has 0 saturated carbocycles. The monoisotopic (exact) mass is 796 g/mol. The number of hydrogen-bond acceptors (Lipinski definition) is 9. The molecule has 0 aromatic heterocycles. The SMILES string of the molecule is CCCC#Cc1cc(C#CCCOCCCCCCN2C[C@@H](c3ccc4c(c3)COC(C)(C)O4)OC2=O)cc(S(=O)(=O)N(COCC[Si](C)(C)C)C(=O)O)c1. The van der Waals surface area contributed by atoms with E-state index in [0.717, 1.165) is 55.0 Å². The van der Waals surface area contributed by atoms with E-state index in [1.165, 1.54) is 12.1 Å². The van der Waals surface area contributed by atoms with Gasteiger partial charge in [-0.25, -0.2) is 18.0 Å². The summed E-state index contributed by atoms with van der Waals surface area (Å²) in [5.74, 6) is 12.2. The molecule has 0 aliphatic carbocycles. The molecule has 2 aliphatic heterocycles. The summed E-state index contributed by atoms with van der Waals surface area (Å²) in [6.45, 7) is 14.5. The summed E-state index contributed by atoms with van der Waals surface area (Å²) in [5.41, 5.74) is 2.73. The van der Waals surface area contributed by atoms with Gasteiger partial charge in [-0.2, -0.15) is 4.31 Å². The van der Waals surface area contributed by atoms with Crippen LogP contribution in [-0.2, 0) is 35.6 Å². The number of nitrogens with zero attached hydrogens (tertiary/aromatic N) is 2. The second kappa shape index (κ2) is 20.2. The second-order valence-electron chi connectivity index (χ2n) is 15.3. The summed E-state index contributed by atoms with van der Waals surface area (Å²) in [5, 5.41) is 9.76. The molecule has 1 atom stereocenters. The van der Waals surface area contributed by atoms with Crippen molar-refractivity contribution >= 4 is 30.3 Å². The van der Waals surface area contributed by atoms with Crippen LogP contribution in [0.2, 0.25) is 25.7 Å². The first-order chi connectivity index (χ1) is 26.1. The summed E-state index contributed by atoms with van der Waals surface area (Å²) >= 11 is 0. The lowest BCUT2D eigenvalue weighted by Gasteiger charge is -2.32. The molecule has 14 heteroatoms. The molecular weight excluding hydrogens is 741 g/mol. The molecule has 300 valence electrons. The fraction of sp³-hybridized carbons (Fsp3) is 0.561. The van der Waals surface area contributed by atoms with Crippen LogP contribution in [0.4, 0.5) is 9.59 Å². The average Bonchev–Trinajstić information content (AvgIpc) is 3.49. The standard InChI is InChI=1S/C41H56N2O10SSi/c1-7-8-11-16-32-25-33(27-36(26-32)54(47,48)43(39(44)45)31-50-23-24-55(4,5)6)17-12-15-22-49-21-14-10-9-13-20-42-29-38(52-40(42)46)34-18-19-37-35(28-34)30-51-41(2,3)53-37/h18-19,25-28,38H,7-10,13-15,20-24,29-31H2,1-6H3,(H,44,45)/t38-/m0/s1. The van der Waals surface area contributed by atoms with Gasteiger partial charge in [0.05, 0.1) is 24.7 Å². The number of benzene rings is 2. The van der Waals surface area contributed by atoms with Crippen molar-refractivity contribution in [1.29, 1.82) is 0 Å². The van der Waals surface area contributed by atoms with Crippen LogP contribution in [0.25, 0.3) is 0 Å².